The van der Waals surface area contributed by atoms with Crippen molar-refractivity contribution in [3.05, 3.63) is 549 Å². The van der Waals surface area contributed by atoms with E-state index in [0.717, 1.165) is 126 Å². The van der Waals surface area contributed by atoms with Crippen LogP contribution >= 0.6 is 0 Å². The summed E-state index contributed by atoms with van der Waals surface area (Å²) in [6.07, 6.45) is 8.95. The molecule has 144 heavy (non-hydrogen) atoms. The molecule has 0 saturated carbocycles. The van der Waals surface area contributed by atoms with Crippen LogP contribution in [0.15, 0.2) is 480 Å². The van der Waals surface area contributed by atoms with E-state index in [9.17, 15) is 0 Å². The van der Waals surface area contributed by atoms with Gasteiger partial charge in [-0.05, 0) is 107 Å². The largest absolute Gasteiger partial charge is 0.493 e. The first-order chi connectivity index (χ1) is 68.7. The van der Waals surface area contributed by atoms with E-state index in [1.807, 2.05) is 164 Å². The van der Waals surface area contributed by atoms with E-state index in [4.69, 9.17) is 4.98 Å². The maximum absolute atomic E-state index is 4.70. The van der Waals surface area contributed by atoms with E-state index in [-0.39, 0.29) is 106 Å². The number of fused-ring (bicyclic) bond motifs is 5. The molecule has 0 spiro atoms. The van der Waals surface area contributed by atoms with Gasteiger partial charge in [-0.2, -0.15) is 145 Å². The second kappa shape index (κ2) is 47.9. The van der Waals surface area contributed by atoms with Crippen molar-refractivity contribution < 1.29 is 101 Å². The number of benzene rings is 16. The Morgan fingerprint density at radius 2 is 0.403 bits per heavy atom. The number of anilines is 20. The molecule has 5 radical (unpaired) electrons. The fourth-order valence-electron chi connectivity index (χ4n) is 17.7. The molecule has 0 fully saturated rings. The average Bonchev–Trinajstić information content (AvgIpc) is 1.63. The number of pyridine rings is 3. The SMILES string of the molecule is CC(C)(C)c1c[c-]c(N2[CH-]N(c3ccccc3-c3ccccc3)c3cccnc32)cc1.[Ir].[Ir].[Ir].[Ir].[Ir].[c-]1ccccc1N1[CH-]N(c2ccccc2-c2ccccc2)c2ccccc21.[c-]1ccccc1N1[CH-]N(c2ccccc2-c2ccccc2)c2cccnc21.[c-]1ccccc1N1[CH-]N(c2ccccc2-c2ccccc2)c2ncccc21.[c-]1ccccc1N1[CH-]N(c2ccccc2-c2ccccc2)c2nccnc21. The van der Waals surface area contributed by atoms with E-state index in [1.54, 1.807) is 12.4 Å². The zero-order chi connectivity index (χ0) is 93.6. The second-order valence-electron chi connectivity index (χ2n) is 34.1. The van der Waals surface area contributed by atoms with Crippen molar-refractivity contribution in [2.75, 3.05) is 49.0 Å². The minimum Gasteiger partial charge on any atom is -0.493 e. The van der Waals surface area contributed by atoms with Crippen LogP contribution in [0, 0.1) is 63.7 Å². The maximum atomic E-state index is 4.70. The van der Waals surface area contributed by atoms with Gasteiger partial charge in [0.25, 0.3) is 0 Å². The summed E-state index contributed by atoms with van der Waals surface area (Å²) < 4.78 is 0. The predicted octanol–water partition coefficient (Wildman–Crippen LogP) is 31.1. The second-order valence-corrected chi connectivity index (χ2v) is 34.1. The summed E-state index contributed by atoms with van der Waals surface area (Å²) in [4.78, 5) is 44.6. The van der Waals surface area contributed by atoms with Gasteiger partial charge in [0.1, 0.15) is 29.1 Å². The van der Waals surface area contributed by atoms with Crippen LogP contribution in [-0.2, 0) is 106 Å². The van der Waals surface area contributed by atoms with Crippen LogP contribution < -0.4 is 49.0 Å². The fourth-order valence-corrected chi connectivity index (χ4v) is 17.7. The van der Waals surface area contributed by atoms with Gasteiger partial charge >= 0.3 is 0 Å². The molecule has 0 atom stereocenters. The minimum absolute atomic E-state index is 0. The van der Waals surface area contributed by atoms with Crippen LogP contribution in [0.5, 0.6) is 0 Å². The van der Waals surface area contributed by atoms with Crippen molar-refractivity contribution in [3.8, 4) is 55.6 Å². The Hall–Kier alpha value is -14.7. The molecular formula is C124H93Ir5N15-10. The normalized spacial score (nSPS) is 12.5. The zero-order valence-corrected chi connectivity index (χ0v) is 90.3. The van der Waals surface area contributed by atoms with Crippen molar-refractivity contribution in [1.29, 1.82) is 0 Å². The molecule has 5 aliphatic rings. The Bertz CT molecular complexity index is 6850. The molecule has 0 aliphatic carbocycles. The van der Waals surface area contributed by atoms with Gasteiger partial charge in [0, 0.05) is 199 Å². The van der Waals surface area contributed by atoms with Gasteiger partial charge in [0.2, 0.25) is 0 Å². The summed E-state index contributed by atoms with van der Waals surface area (Å²) >= 11 is 0. The van der Waals surface area contributed by atoms with Crippen LogP contribution in [0.3, 0.4) is 0 Å². The number of para-hydroxylation sites is 11. The van der Waals surface area contributed by atoms with Crippen molar-refractivity contribution in [2.45, 2.75) is 26.2 Å². The number of rotatable bonds is 15. The van der Waals surface area contributed by atoms with Gasteiger partial charge in [-0.3, -0.25) is 0 Å². The van der Waals surface area contributed by atoms with E-state index < -0.39 is 0 Å². The molecule has 20 aromatic rings. The van der Waals surface area contributed by atoms with Gasteiger partial charge in [0.15, 0.2) is 0 Å². The molecule has 0 N–H and O–H groups in total. The van der Waals surface area contributed by atoms with Crippen LogP contribution in [0.25, 0.3) is 55.6 Å². The van der Waals surface area contributed by atoms with Gasteiger partial charge in [-0.15, -0.1) is 67.8 Å². The molecule has 20 heteroatoms. The smallest absolute Gasteiger partial charge is 0.145 e. The first-order valence-corrected chi connectivity index (χ1v) is 46.2. The quantitative estimate of drug-likeness (QED) is 0.0911. The van der Waals surface area contributed by atoms with Crippen LogP contribution in [-0.4, -0.2) is 24.9 Å². The molecule has 0 amide bonds. The van der Waals surface area contributed by atoms with Gasteiger partial charge < -0.3 is 49.0 Å². The molecule has 0 saturated heterocycles. The van der Waals surface area contributed by atoms with Gasteiger partial charge in [0.05, 0.1) is 17.1 Å². The fraction of sp³-hybridized carbons (Fsp3) is 0.0323. The Kier molecular flexibility index (Phi) is 34.0. The number of hydrogen-bond donors (Lipinski definition) is 0. The Labute approximate surface area is 911 Å². The standard InChI is InChI=1S/C28H25N3.C25H18N2.2C24H17N3.C23H16N4.5Ir/c1-28(2,3)22-15-17-23(18-16-22)30-20-31(26-14-9-19-29-27(26)30)25-13-8-7-12-24(25)21-10-5-4-6-11-21;1-3-11-20(12-4-1)22-15-7-8-16-23(22)27-19-26(21-13-5-2-6-14-21)24-17-9-10-18-25(24)27;1-3-10-19(11-4-1)21-14-7-8-15-22(21)27-18-26(20-12-5-2-6-13-20)24-23(27)16-9-17-25-24;1-3-10-19(11-4-1)21-14-7-8-15-22(21)27-18-26(20-12-5-2-6-13-20)23-16-9-17-25-24(23)27;1-3-9-18(10-4-1)20-13-7-8-14-21(20)27-17-26(19-11-5-2-6-12-19)22-23(27)25-16-15-24-22;;;;;/h4-17,19-20H,1-3H3;1-13,15-19H;2*1-12,14-18H;1-11,13-17H;;;;;/q5*-2;;;;;. The van der Waals surface area contributed by atoms with E-state index >= 15 is 0 Å². The molecule has 16 aromatic carbocycles. The third kappa shape index (κ3) is 22.1. The van der Waals surface area contributed by atoms with Crippen LogP contribution in [0.2, 0.25) is 0 Å². The van der Waals surface area contributed by atoms with Crippen molar-refractivity contribution in [3.63, 3.8) is 0 Å². The third-order valence-corrected chi connectivity index (χ3v) is 24.4. The van der Waals surface area contributed by atoms with Crippen molar-refractivity contribution in [2.24, 2.45) is 0 Å². The predicted molar refractivity (Wildman–Crippen MR) is 569 cm³/mol. The molecule has 5 aliphatic heterocycles. The molecule has 0 unspecified atom stereocenters. The molecule has 25 rings (SSSR count). The number of nitrogens with zero attached hydrogens (tertiary/aromatic N) is 15. The van der Waals surface area contributed by atoms with E-state index in [2.05, 4.69) is 457 Å². The first-order valence-electron chi connectivity index (χ1n) is 46.2. The first kappa shape index (κ1) is 102. The van der Waals surface area contributed by atoms with Crippen molar-refractivity contribution >= 4 is 114 Å². The number of hydrogen-bond acceptors (Lipinski definition) is 15. The summed E-state index contributed by atoms with van der Waals surface area (Å²) in [5, 5.41) is 0. The Morgan fingerprint density at radius 3 is 0.729 bits per heavy atom. The summed E-state index contributed by atoms with van der Waals surface area (Å²) in [6, 6.07) is 170. The van der Waals surface area contributed by atoms with Crippen LogP contribution in [0.4, 0.5) is 114 Å². The molecule has 9 heterocycles. The topological polar surface area (TPSA) is 96.8 Å². The molecule has 719 valence electrons. The van der Waals surface area contributed by atoms with Crippen molar-refractivity contribution in [1.82, 2.24) is 24.9 Å². The monoisotopic (exact) mass is 2760 g/mol. The Balaban J connectivity index is 0.000000128. The molecular weight excluding hydrogens is 2660 g/mol. The summed E-state index contributed by atoms with van der Waals surface area (Å²) in [7, 11) is 0. The zero-order valence-electron chi connectivity index (χ0n) is 78.4. The summed E-state index contributed by atoms with van der Waals surface area (Å²) in [5.41, 5.74) is 29.1. The third-order valence-electron chi connectivity index (χ3n) is 24.4. The molecule has 0 bridgehead atoms. The van der Waals surface area contributed by atoms with Crippen LogP contribution in [0.1, 0.15) is 26.3 Å². The summed E-state index contributed by atoms with van der Waals surface area (Å²) in [5.74, 6) is 4.33. The average molecular weight is 2750 g/mol. The number of aromatic nitrogens is 5. The Morgan fingerprint density at radius 1 is 0.181 bits per heavy atom. The van der Waals surface area contributed by atoms with E-state index in [0.29, 0.717) is 0 Å². The minimum atomic E-state index is 0. The van der Waals surface area contributed by atoms with E-state index in [1.165, 1.54) is 50.1 Å². The summed E-state index contributed by atoms with van der Waals surface area (Å²) in [6.45, 7) is 17.1. The molecule has 4 aromatic heterocycles. The van der Waals surface area contributed by atoms with Gasteiger partial charge in [-0.25, -0.2) is 24.9 Å². The molecule has 15 nitrogen and oxygen atoms in total. The maximum Gasteiger partial charge on any atom is 0.145 e. The van der Waals surface area contributed by atoms with Gasteiger partial charge in [-0.1, -0.05) is 281 Å².